The number of para-hydroxylation sites is 1. The number of nitrogens with one attached hydrogen (secondary N) is 2. The predicted molar refractivity (Wildman–Crippen MR) is 130 cm³/mol. The first-order valence-corrected chi connectivity index (χ1v) is 13.0. The number of ether oxygens (including phenoxy) is 2. The Balaban J connectivity index is 1.36. The number of hydrogen-bond donors (Lipinski definition) is 2. The van der Waals surface area contributed by atoms with Gasteiger partial charge in [-0.25, -0.2) is 8.42 Å². The molecule has 3 aromatic rings. The molecular weight excluding hydrogens is 504 g/mol. The summed E-state index contributed by atoms with van der Waals surface area (Å²) in [5.41, 5.74) is 3.58. The van der Waals surface area contributed by atoms with Crippen molar-refractivity contribution in [1.29, 1.82) is 0 Å². The standard InChI is InChI=1S/C25H21BrN2O4S/c26-21-13-24-23(31-14-32-24)12-20(21)25-18-8-4-7-17(18)19-11-16(9-10-22(19)27-25)33(29,30)28-15-5-2-1-3-6-15/h1-7,9-13,17-18,25,27-28H,8,14H2/t17-,18+,25-/m0/s1. The number of anilines is 2. The first kappa shape index (κ1) is 20.6. The average Bonchev–Trinajstić information content (AvgIpc) is 3.47. The summed E-state index contributed by atoms with van der Waals surface area (Å²) in [6, 6.07) is 18.3. The summed E-state index contributed by atoms with van der Waals surface area (Å²) in [7, 11) is -3.69. The Morgan fingerprint density at radius 1 is 0.970 bits per heavy atom. The van der Waals surface area contributed by atoms with E-state index in [1.807, 2.05) is 24.3 Å². The van der Waals surface area contributed by atoms with Crippen molar-refractivity contribution < 1.29 is 17.9 Å². The van der Waals surface area contributed by atoms with E-state index in [4.69, 9.17) is 9.47 Å². The van der Waals surface area contributed by atoms with Crippen molar-refractivity contribution in [2.24, 2.45) is 5.92 Å². The van der Waals surface area contributed by atoms with E-state index in [-0.39, 0.29) is 29.6 Å². The van der Waals surface area contributed by atoms with Crippen LogP contribution in [0.1, 0.15) is 29.5 Å². The third-order valence-electron chi connectivity index (χ3n) is 6.50. The Morgan fingerprint density at radius 3 is 2.58 bits per heavy atom. The largest absolute Gasteiger partial charge is 0.454 e. The molecule has 0 fully saturated rings. The zero-order chi connectivity index (χ0) is 22.6. The summed E-state index contributed by atoms with van der Waals surface area (Å²) in [5, 5.41) is 3.66. The topological polar surface area (TPSA) is 76.7 Å². The second-order valence-corrected chi connectivity index (χ2v) is 11.0. The Morgan fingerprint density at radius 2 is 1.76 bits per heavy atom. The maximum Gasteiger partial charge on any atom is 0.261 e. The molecule has 0 saturated carbocycles. The molecule has 0 spiro atoms. The molecule has 0 unspecified atom stereocenters. The van der Waals surface area contributed by atoms with E-state index in [2.05, 4.69) is 38.1 Å². The number of allylic oxidation sites excluding steroid dienone is 2. The summed E-state index contributed by atoms with van der Waals surface area (Å²) in [4.78, 5) is 0.258. The molecule has 3 aromatic carbocycles. The Labute approximate surface area is 200 Å². The van der Waals surface area contributed by atoms with Gasteiger partial charge in [0.05, 0.1) is 10.9 Å². The normalized spacial score (nSPS) is 22.4. The van der Waals surface area contributed by atoms with Gasteiger partial charge in [0.1, 0.15) is 0 Å². The number of sulfonamides is 1. The lowest BCUT2D eigenvalue weighted by Gasteiger charge is -2.38. The zero-order valence-corrected chi connectivity index (χ0v) is 19.9. The van der Waals surface area contributed by atoms with Crippen LogP contribution in [0.2, 0.25) is 0 Å². The van der Waals surface area contributed by atoms with Crippen molar-refractivity contribution in [2.45, 2.75) is 23.3 Å². The predicted octanol–water partition coefficient (Wildman–Crippen LogP) is 5.81. The lowest BCUT2D eigenvalue weighted by Crippen LogP contribution is -2.29. The van der Waals surface area contributed by atoms with Crippen molar-refractivity contribution in [2.75, 3.05) is 16.8 Å². The molecule has 2 heterocycles. The zero-order valence-electron chi connectivity index (χ0n) is 17.5. The number of fused-ring (bicyclic) bond motifs is 4. The maximum absolute atomic E-state index is 13.0. The second kappa shape index (κ2) is 7.81. The van der Waals surface area contributed by atoms with Crippen LogP contribution in [0, 0.1) is 5.92 Å². The van der Waals surface area contributed by atoms with Crippen LogP contribution in [0.15, 0.2) is 82.2 Å². The van der Waals surface area contributed by atoms with Gasteiger partial charge in [-0.05, 0) is 65.9 Å². The molecule has 0 saturated heterocycles. The molecule has 2 aliphatic heterocycles. The van der Waals surface area contributed by atoms with E-state index in [0.717, 1.165) is 39.2 Å². The van der Waals surface area contributed by atoms with Crippen LogP contribution in [0.5, 0.6) is 11.5 Å². The minimum atomic E-state index is -3.69. The fourth-order valence-electron chi connectivity index (χ4n) is 4.94. The van der Waals surface area contributed by atoms with Gasteiger partial charge in [0.25, 0.3) is 10.0 Å². The highest BCUT2D eigenvalue weighted by molar-refractivity contribution is 9.10. The Hall–Kier alpha value is -2.97. The minimum absolute atomic E-state index is 0.0475. The van der Waals surface area contributed by atoms with Gasteiger partial charge < -0.3 is 14.8 Å². The molecule has 3 aliphatic rings. The Kier molecular flexibility index (Phi) is 4.88. The fraction of sp³-hybridized carbons (Fsp3) is 0.200. The quantitative estimate of drug-likeness (QED) is 0.421. The van der Waals surface area contributed by atoms with Crippen molar-refractivity contribution >= 4 is 37.3 Å². The summed E-state index contributed by atoms with van der Waals surface area (Å²) in [5.74, 6) is 1.87. The maximum atomic E-state index is 13.0. The molecule has 0 bridgehead atoms. The van der Waals surface area contributed by atoms with E-state index in [9.17, 15) is 8.42 Å². The first-order valence-electron chi connectivity index (χ1n) is 10.7. The second-order valence-electron chi connectivity index (χ2n) is 8.42. The van der Waals surface area contributed by atoms with E-state index in [1.165, 1.54) is 0 Å². The van der Waals surface area contributed by atoms with Crippen molar-refractivity contribution in [3.05, 3.63) is 88.4 Å². The van der Waals surface area contributed by atoms with Crippen LogP contribution < -0.4 is 19.5 Å². The highest BCUT2D eigenvalue weighted by atomic mass is 79.9. The molecule has 3 atom stereocenters. The smallest absolute Gasteiger partial charge is 0.261 e. The highest BCUT2D eigenvalue weighted by Gasteiger charge is 2.39. The third kappa shape index (κ3) is 3.57. The molecule has 0 amide bonds. The van der Waals surface area contributed by atoms with Crippen LogP contribution in [0.4, 0.5) is 11.4 Å². The van der Waals surface area contributed by atoms with Gasteiger partial charge in [0.15, 0.2) is 11.5 Å². The summed E-state index contributed by atoms with van der Waals surface area (Å²) in [6.07, 6.45) is 5.28. The van der Waals surface area contributed by atoms with Crippen LogP contribution >= 0.6 is 15.9 Å². The number of halogens is 1. The Bertz CT molecular complexity index is 1370. The van der Waals surface area contributed by atoms with E-state index >= 15 is 0 Å². The monoisotopic (exact) mass is 524 g/mol. The van der Waals surface area contributed by atoms with Crippen LogP contribution in [-0.2, 0) is 10.0 Å². The average molecular weight is 525 g/mol. The van der Waals surface area contributed by atoms with E-state index < -0.39 is 10.0 Å². The molecule has 0 aromatic heterocycles. The fourth-order valence-corrected chi connectivity index (χ4v) is 6.60. The summed E-state index contributed by atoms with van der Waals surface area (Å²) >= 11 is 3.71. The molecule has 33 heavy (non-hydrogen) atoms. The van der Waals surface area contributed by atoms with Crippen molar-refractivity contribution in [1.82, 2.24) is 0 Å². The minimum Gasteiger partial charge on any atom is -0.454 e. The van der Waals surface area contributed by atoms with Crippen LogP contribution in [0.25, 0.3) is 0 Å². The molecule has 0 radical (unpaired) electrons. The lowest BCUT2D eigenvalue weighted by atomic mass is 9.77. The van der Waals surface area contributed by atoms with Crippen LogP contribution in [-0.4, -0.2) is 15.2 Å². The third-order valence-corrected chi connectivity index (χ3v) is 8.56. The lowest BCUT2D eigenvalue weighted by molar-refractivity contribution is 0.174. The van der Waals surface area contributed by atoms with E-state index in [0.29, 0.717) is 5.69 Å². The van der Waals surface area contributed by atoms with Gasteiger partial charge in [0, 0.05) is 21.8 Å². The molecule has 168 valence electrons. The summed E-state index contributed by atoms with van der Waals surface area (Å²) < 4.78 is 40.8. The molecule has 8 heteroatoms. The van der Waals surface area contributed by atoms with Gasteiger partial charge in [-0.2, -0.15) is 0 Å². The van der Waals surface area contributed by atoms with E-state index in [1.54, 1.807) is 36.4 Å². The van der Waals surface area contributed by atoms with Gasteiger partial charge in [0.2, 0.25) is 6.79 Å². The molecule has 6 rings (SSSR count). The number of hydrogen-bond acceptors (Lipinski definition) is 5. The molecule has 6 nitrogen and oxygen atoms in total. The van der Waals surface area contributed by atoms with Gasteiger partial charge in [-0.3, -0.25) is 4.72 Å². The highest BCUT2D eigenvalue weighted by Crippen LogP contribution is 2.52. The van der Waals surface area contributed by atoms with Crippen molar-refractivity contribution in [3.8, 4) is 11.5 Å². The van der Waals surface area contributed by atoms with Gasteiger partial charge in [-0.1, -0.05) is 46.3 Å². The number of rotatable bonds is 4. The SMILES string of the molecule is O=S(=O)(Nc1ccccc1)c1ccc2c(c1)[C@H]1C=CC[C@H]1[C@@H](c1cc3c(cc1Br)OCO3)N2. The molecule has 2 N–H and O–H groups in total. The molecule has 1 aliphatic carbocycles. The van der Waals surface area contributed by atoms with Crippen LogP contribution in [0.3, 0.4) is 0 Å². The van der Waals surface area contributed by atoms with Crippen molar-refractivity contribution in [3.63, 3.8) is 0 Å². The van der Waals surface area contributed by atoms with Gasteiger partial charge in [-0.15, -0.1) is 0 Å². The summed E-state index contributed by atoms with van der Waals surface area (Å²) in [6.45, 7) is 0.230. The molecular formula is C25H21BrN2O4S. The number of benzene rings is 3. The van der Waals surface area contributed by atoms with Gasteiger partial charge >= 0.3 is 0 Å². The first-order chi connectivity index (χ1) is 16.0.